The first-order chi connectivity index (χ1) is 29.0. The monoisotopic (exact) mass is 756 g/mol. The number of fused-ring (bicyclic) bond motifs is 10. The number of hydrogen-bond acceptors (Lipinski definition) is 4. The van der Waals surface area contributed by atoms with E-state index < -0.39 is 0 Å². The summed E-state index contributed by atoms with van der Waals surface area (Å²) >= 11 is 0. The number of benzene rings is 8. The van der Waals surface area contributed by atoms with Crippen LogP contribution in [-0.2, 0) is 5.41 Å². The van der Waals surface area contributed by atoms with Crippen LogP contribution in [0.2, 0.25) is 0 Å². The fourth-order valence-corrected chi connectivity index (χ4v) is 9.49. The fourth-order valence-electron chi connectivity index (χ4n) is 9.49. The Labute approximate surface area is 340 Å². The van der Waals surface area contributed by atoms with Gasteiger partial charge in [0.1, 0.15) is 11.2 Å². The molecule has 0 N–H and O–H groups in total. The van der Waals surface area contributed by atoms with E-state index in [0.717, 1.165) is 60.6 Å². The summed E-state index contributed by atoms with van der Waals surface area (Å²) in [6, 6.07) is 64.1. The molecule has 59 heavy (non-hydrogen) atoms. The second-order valence-electron chi connectivity index (χ2n) is 16.0. The summed E-state index contributed by atoms with van der Waals surface area (Å²) in [4.78, 5) is 16.1. The fraction of sp³-hybridized carbons (Fsp3) is 0.0556. The zero-order chi connectivity index (χ0) is 39.2. The lowest BCUT2D eigenvalue weighted by molar-refractivity contribution is 0.663. The van der Waals surface area contributed by atoms with E-state index in [1.165, 1.54) is 38.8 Å². The maximum Gasteiger partial charge on any atom is 0.238 e. The summed E-state index contributed by atoms with van der Waals surface area (Å²) in [5.41, 5.74) is 15.1. The van der Waals surface area contributed by atoms with Gasteiger partial charge in [0.2, 0.25) is 5.95 Å². The summed E-state index contributed by atoms with van der Waals surface area (Å²) in [7, 11) is 0. The minimum absolute atomic E-state index is 0.257. The zero-order valence-electron chi connectivity index (χ0n) is 32.5. The molecule has 0 saturated carbocycles. The van der Waals surface area contributed by atoms with E-state index in [9.17, 15) is 0 Å². The molecule has 11 aromatic rings. The molecule has 0 unspecified atom stereocenters. The van der Waals surface area contributed by atoms with Crippen molar-refractivity contribution < 1.29 is 4.42 Å². The van der Waals surface area contributed by atoms with Gasteiger partial charge in [-0.15, -0.1) is 0 Å². The summed E-state index contributed by atoms with van der Waals surface area (Å²) < 4.78 is 8.64. The molecule has 5 nitrogen and oxygen atoms in total. The number of furan rings is 1. The van der Waals surface area contributed by atoms with E-state index in [4.69, 9.17) is 19.4 Å². The highest BCUT2D eigenvalue weighted by Crippen LogP contribution is 2.53. The van der Waals surface area contributed by atoms with E-state index >= 15 is 0 Å². The van der Waals surface area contributed by atoms with Crippen molar-refractivity contribution in [3.8, 4) is 62.1 Å². The lowest BCUT2D eigenvalue weighted by Crippen LogP contribution is -2.17. The van der Waals surface area contributed by atoms with Gasteiger partial charge in [0, 0.05) is 38.1 Å². The highest BCUT2D eigenvalue weighted by molar-refractivity contribution is 6.14. The molecule has 0 saturated heterocycles. The van der Waals surface area contributed by atoms with Crippen LogP contribution in [0, 0.1) is 0 Å². The van der Waals surface area contributed by atoms with Crippen LogP contribution in [0.15, 0.2) is 186 Å². The van der Waals surface area contributed by atoms with Crippen molar-refractivity contribution in [3.63, 3.8) is 0 Å². The SMILES string of the molecule is CC1(C)c2ccccc2-c2ccc3c4ccccc4n(-c4nc(-c5ccc(-c6ccc(-c7ccccc7)cc6)cc5)nc(-c5cccc6oc7ccccc7c56)n4)c3c21. The predicted molar refractivity (Wildman–Crippen MR) is 241 cm³/mol. The molecule has 8 aromatic carbocycles. The Morgan fingerprint density at radius 1 is 0.424 bits per heavy atom. The molecular weight excluding hydrogens is 721 g/mol. The van der Waals surface area contributed by atoms with Crippen LogP contribution in [0.1, 0.15) is 25.0 Å². The van der Waals surface area contributed by atoms with Crippen LogP contribution in [-0.4, -0.2) is 19.5 Å². The Morgan fingerprint density at radius 2 is 1.02 bits per heavy atom. The smallest absolute Gasteiger partial charge is 0.238 e. The van der Waals surface area contributed by atoms with Crippen molar-refractivity contribution in [1.29, 1.82) is 0 Å². The van der Waals surface area contributed by atoms with Crippen LogP contribution in [0.3, 0.4) is 0 Å². The summed E-state index contributed by atoms with van der Waals surface area (Å²) in [5.74, 6) is 1.76. The average Bonchev–Trinajstić information content (AvgIpc) is 3.92. The molecule has 1 aliphatic rings. The lowest BCUT2D eigenvalue weighted by atomic mass is 9.81. The second kappa shape index (κ2) is 12.7. The number of para-hydroxylation sites is 2. The highest BCUT2D eigenvalue weighted by Gasteiger charge is 2.38. The molecule has 5 heteroatoms. The number of rotatable bonds is 5. The van der Waals surface area contributed by atoms with Crippen LogP contribution >= 0.6 is 0 Å². The largest absolute Gasteiger partial charge is 0.456 e. The van der Waals surface area contributed by atoms with E-state index in [1.807, 2.05) is 36.4 Å². The van der Waals surface area contributed by atoms with Crippen LogP contribution < -0.4 is 0 Å². The average molecular weight is 757 g/mol. The van der Waals surface area contributed by atoms with Crippen LogP contribution in [0.4, 0.5) is 0 Å². The van der Waals surface area contributed by atoms with Gasteiger partial charge >= 0.3 is 0 Å². The summed E-state index contributed by atoms with van der Waals surface area (Å²) in [6.45, 7) is 4.68. The molecule has 12 rings (SSSR count). The summed E-state index contributed by atoms with van der Waals surface area (Å²) in [6.07, 6.45) is 0. The zero-order valence-corrected chi connectivity index (χ0v) is 32.5. The second-order valence-corrected chi connectivity index (χ2v) is 16.0. The molecule has 1 aliphatic carbocycles. The number of nitrogens with zero attached hydrogens (tertiary/aromatic N) is 4. The van der Waals surface area contributed by atoms with E-state index in [1.54, 1.807) is 0 Å². The first-order valence-electron chi connectivity index (χ1n) is 20.1. The Kier molecular flexibility index (Phi) is 7.20. The maximum atomic E-state index is 6.36. The topological polar surface area (TPSA) is 56.7 Å². The predicted octanol–water partition coefficient (Wildman–Crippen LogP) is 13.8. The number of hydrogen-bond donors (Lipinski definition) is 0. The Morgan fingerprint density at radius 3 is 1.80 bits per heavy atom. The van der Waals surface area contributed by atoms with Gasteiger partial charge in [-0.25, -0.2) is 4.98 Å². The van der Waals surface area contributed by atoms with Crippen molar-refractivity contribution >= 4 is 43.7 Å². The molecule has 278 valence electrons. The van der Waals surface area contributed by atoms with Crippen molar-refractivity contribution in [2.24, 2.45) is 0 Å². The molecule has 0 atom stereocenters. The molecule has 0 spiro atoms. The third-order valence-electron chi connectivity index (χ3n) is 12.3. The Balaban J connectivity index is 1.09. The summed E-state index contributed by atoms with van der Waals surface area (Å²) in [5, 5.41) is 4.35. The Hall–Kier alpha value is -7.63. The van der Waals surface area contributed by atoms with Gasteiger partial charge in [0.05, 0.1) is 11.0 Å². The molecule has 0 amide bonds. The van der Waals surface area contributed by atoms with Crippen molar-refractivity contribution in [2.45, 2.75) is 19.3 Å². The normalized spacial score (nSPS) is 13.1. The highest BCUT2D eigenvalue weighted by atomic mass is 16.3. The molecule has 0 radical (unpaired) electrons. The van der Waals surface area contributed by atoms with Gasteiger partial charge in [-0.1, -0.05) is 178 Å². The third-order valence-corrected chi connectivity index (χ3v) is 12.3. The molecule has 0 fully saturated rings. The van der Waals surface area contributed by atoms with Crippen LogP contribution in [0.5, 0.6) is 0 Å². The number of aromatic nitrogens is 4. The van der Waals surface area contributed by atoms with Crippen molar-refractivity contribution in [1.82, 2.24) is 19.5 Å². The molecule has 3 heterocycles. The first-order valence-corrected chi connectivity index (χ1v) is 20.1. The van der Waals surface area contributed by atoms with Crippen molar-refractivity contribution in [2.75, 3.05) is 0 Å². The quantitative estimate of drug-likeness (QED) is 0.175. The van der Waals surface area contributed by atoms with Gasteiger partial charge in [-0.3, -0.25) is 4.57 Å². The molecule has 3 aromatic heterocycles. The van der Waals surface area contributed by atoms with E-state index in [-0.39, 0.29) is 5.41 Å². The van der Waals surface area contributed by atoms with E-state index in [2.05, 4.69) is 164 Å². The minimum Gasteiger partial charge on any atom is -0.456 e. The Bertz CT molecular complexity index is 3450. The third kappa shape index (κ3) is 5.08. The maximum absolute atomic E-state index is 6.36. The minimum atomic E-state index is -0.257. The van der Waals surface area contributed by atoms with Gasteiger partial charge < -0.3 is 4.42 Å². The van der Waals surface area contributed by atoms with Gasteiger partial charge in [0.15, 0.2) is 11.6 Å². The lowest BCUT2D eigenvalue weighted by Gasteiger charge is -2.23. The van der Waals surface area contributed by atoms with Gasteiger partial charge in [0.25, 0.3) is 0 Å². The van der Waals surface area contributed by atoms with E-state index in [0.29, 0.717) is 17.6 Å². The van der Waals surface area contributed by atoms with Gasteiger partial charge in [-0.05, 0) is 62.7 Å². The first kappa shape index (κ1) is 33.5. The molecule has 0 bridgehead atoms. The molecule has 0 aliphatic heterocycles. The van der Waals surface area contributed by atoms with Crippen LogP contribution in [0.25, 0.3) is 106 Å². The van der Waals surface area contributed by atoms with Gasteiger partial charge in [-0.2, -0.15) is 9.97 Å². The standard InChI is InChI=1S/C54H36N4O/c1-54(2)44-19-9-6-15-38(44)40-31-32-41-39-16-7-10-20-45(39)58(50(41)49(40)54)53-56-51(55-52(57-53)43-18-12-22-47-48(43)42-17-8-11-21-46(42)59-47)37-29-27-36(28-30-37)35-25-23-34(24-26-35)33-13-4-3-5-14-33/h3-32H,1-2H3. The van der Waals surface area contributed by atoms with Crippen molar-refractivity contribution in [3.05, 3.63) is 193 Å². The molecular formula is C54H36N4O.